The summed E-state index contributed by atoms with van der Waals surface area (Å²) in [4.78, 5) is -1.28. The molecule has 20 heavy (non-hydrogen) atoms. The van der Waals surface area contributed by atoms with Gasteiger partial charge in [-0.1, -0.05) is 15.9 Å². The number of rotatable bonds is 7. The van der Waals surface area contributed by atoms with Gasteiger partial charge in [-0.05, 0) is 6.42 Å². The molecule has 0 heterocycles. The summed E-state index contributed by atoms with van der Waals surface area (Å²) in [5.74, 6) is -4.12. The highest BCUT2D eigenvalue weighted by Crippen LogP contribution is 2.20. The molecule has 0 aliphatic rings. The SMILES string of the molecule is COCC(Br)CCNS(=O)(=O)c1c(F)cc(F)cc1F. The maximum atomic E-state index is 13.4. The third-order valence-corrected chi connectivity index (χ3v) is 4.56. The molecule has 1 aromatic rings. The van der Waals surface area contributed by atoms with Crippen LogP contribution in [-0.4, -0.2) is 33.5 Å². The minimum absolute atomic E-state index is 0.0438. The summed E-state index contributed by atoms with van der Waals surface area (Å²) in [6.45, 7) is 0.318. The third kappa shape index (κ3) is 4.72. The molecule has 0 aromatic heterocycles. The zero-order valence-electron chi connectivity index (χ0n) is 10.5. The van der Waals surface area contributed by atoms with Crippen LogP contribution in [0, 0.1) is 17.5 Å². The molecule has 1 atom stereocenters. The normalized spacial score (nSPS) is 13.4. The van der Waals surface area contributed by atoms with Crippen LogP contribution in [0.3, 0.4) is 0 Å². The van der Waals surface area contributed by atoms with Crippen molar-refractivity contribution in [1.29, 1.82) is 0 Å². The minimum Gasteiger partial charge on any atom is -0.384 e. The van der Waals surface area contributed by atoms with Crippen molar-refractivity contribution in [3.63, 3.8) is 0 Å². The van der Waals surface area contributed by atoms with Gasteiger partial charge in [0, 0.05) is 30.6 Å². The molecule has 1 N–H and O–H groups in total. The van der Waals surface area contributed by atoms with Crippen LogP contribution in [0.4, 0.5) is 13.2 Å². The van der Waals surface area contributed by atoms with E-state index in [1.54, 1.807) is 0 Å². The highest BCUT2D eigenvalue weighted by atomic mass is 79.9. The zero-order chi connectivity index (χ0) is 15.3. The van der Waals surface area contributed by atoms with Gasteiger partial charge in [0.05, 0.1) is 6.61 Å². The van der Waals surface area contributed by atoms with Gasteiger partial charge in [0.1, 0.15) is 17.5 Å². The topological polar surface area (TPSA) is 55.4 Å². The molecule has 4 nitrogen and oxygen atoms in total. The van der Waals surface area contributed by atoms with Gasteiger partial charge in [-0.15, -0.1) is 0 Å². The van der Waals surface area contributed by atoms with E-state index >= 15 is 0 Å². The van der Waals surface area contributed by atoms with Crippen LogP contribution in [0.5, 0.6) is 0 Å². The smallest absolute Gasteiger partial charge is 0.246 e. The molecule has 0 radical (unpaired) electrons. The van der Waals surface area contributed by atoms with Crippen LogP contribution >= 0.6 is 15.9 Å². The summed E-state index contributed by atoms with van der Waals surface area (Å²) in [5, 5.41) is 0. The third-order valence-electron chi connectivity index (χ3n) is 2.33. The van der Waals surface area contributed by atoms with Gasteiger partial charge < -0.3 is 4.74 Å². The van der Waals surface area contributed by atoms with E-state index in [4.69, 9.17) is 4.74 Å². The van der Waals surface area contributed by atoms with Crippen LogP contribution in [0.1, 0.15) is 6.42 Å². The first-order valence-electron chi connectivity index (χ1n) is 5.55. The molecule has 1 unspecified atom stereocenters. The molecule has 0 aliphatic carbocycles. The fourth-order valence-electron chi connectivity index (χ4n) is 1.47. The lowest BCUT2D eigenvalue weighted by Crippen LogP contribution is -2.28. The molecule has 9 heteroatoms. The van der Waals surface area contributed by atoms with E-state index in [-0.39, 0.29) is 11.4 Å². The molecule has 0 bridgehead atoms. The number of methoxy groups -OCH3 is 1. The number of sulfonamides is 1. The summed E-state index contributed by atoms with van der Waals surface area (Å²) in [6.07, 6.45) is 0.359. The molecule has 0 saturated carbocycles. The first-order chi connectivity index (χ1) is 9.27. The molecule has 0 spiro atoms. The number of nitrogens with one attached hydrogen (secondary N) is 1. The molecule has 0 aliphatic heterocycles. The summed E-state index contributed by atoms with van der Waals surface area (Å²) in [6, 6.07) is 0.631. The summed E-state index contributed by atoms with van der Waals surface area (Å²) < 4.78 is 69.9. The summed E-state index contributed by atoms with van der Waals surface area (Å²) in [5.41, 5.74) is 0. The van der Waals surface area contributed by atoms with E-state index in [0.29, 0.717) is 25.2 Å². The molecule has 1 aromatic carbocycles. The van der Waals surface area contributed by atoms with Crippen molar-refractivity contribution in [2.75, 3.05) is 20.3 Å². The maximum absolute atomic E-state index is 13.4. The Morgan fingerprint density at radius 3 is 2.35 bits per heavy atom. The Morgan fingerprint density at radius 1 is 1.30 bits per heavy atom. The van der Waals surface area contributed by atoms with Gasteiger partial charge in [-0.2, -0.15) is 0 Å². The van der Waals surface area contributed by atoms with Crippen molar-refractivity contribution in [1.82, 2.24) is 4.72 Å². The molecule has 1 rings (SSSR count). The maximum Gasteiger partial charge on any atom is 0.246 e. The quantitative estimate of drug-likeness (QED) is 0.743. The van der Waals surface area contributed by atoms with Crippen molar-refractivity contribution < 1.29 is 26.3 Å². The van der Waals surface area contributed by atoms with Gasteiger partial charge in [0.25, 0.3) is 0 Å². The Balaban J connectivity index is 2.80. The van der Waals surface area contributed by atoms with Crippen LogP contribution < -0.4 is 4.72 Å². The van der Waals surface area contributed by atoms with Crippen LogP contribution in [-0.2, 0) is 14.8 Å². The Bertz CT molecular complexity index is 545. The Kier molecular flexibility index (Phi) is 6.44. The largest absolute Gasteiger partial charge is 0.384 e. The van der Waals surface area contributed by atoms with Crippen molar-refractivity contribution in [2.45, 2.75) is 16.1 Å². The molecule has 0 fully saturated rings. The Hall–Kier alpha value is -0.640. The first-order valence-corrected chi connectivity index (χ1v) is 7.95. The zero-order valence-corrected chi connectivity index (χ0v) is 12.9. The summed E-state index contributed by atoms with van der Waals surface area (Å²) in [7, 11) is -2.89. The Labute approximate surface area is 123 Å². The second-order valence-corrected chi connectivity index (χ2v) is 6.94. The van der Waals surface area contributed by atoms with Crippen molar-refractivity contribution in [3.05, 3.63) is 29.6 Å². The van der Waals surface area contributed by atoms with Crippen LogP contribution in [0.25, 0.3) is 0 Å². The highest BCUT2D eigenvalue weighted by molar-refractivity contribution is 9.09. The highest BCUT2D eigenvalue weighted by Gasteiger charge is 2.24. The van der Waals surface area contributed by atoms with E-state index in [1.165, 1.54) is 7.11 Å². The predicted octanol–water partition coefficient (Wildman–Crippen LogP) is 2.18. The van der Waals surface area contributed by atoms with E-state index in [1.807, 2.05) is 4.72 Å². The van der Waals surface area contributed by atoms with Crippen LogP contribution in [0.2, 0.25) is 0 Å². The molecule has 0 amide bonds. The predicted molar refractivity (Wildman–Crippen MR) is 70.7 cm³/mol. The lowest BCUT2D eigenvalue weighted by Gasteiger charge is -2.11. The lowest BCUT2D eigenvalue weighted by molar-refractivity contribution is 0.199. The van der Waals surface area contributed by atoms with E-state index in [9.17, 15) is 21.6 Å². The second-order valence-electron chi connectivity index (χ2n) is 3.94. The number of hydrogen-bond acceptors (Lipinski definition) is 3. The number of hydrogen-bond donors (Lipinski definition) is 1. The van der Waals surface area contributed by atoms with Gasteiger partial charge in [-0.25, -0.2) is 26.3 Å². The molecular weight excluding hydrogens is 363 g/mol. The molecular formula is C11H13BrF3NO3S. The monoisotopic (exact) mass is 375 g/mol. The van der Waals surface area contributed by atoms with Gasteiger partial charge in [0.2, 0.25) is 10.0 Å². The van der Waals surface area contributed by atoms with Gasteiger partial charge in [-0.3, -0.25) is 0 Å². The van der Waals surface area contributed by atoms with Gasteiger partial charge in [0.15, 0.2) is 4.90 Å². The molecule has 0 saturated heterocycles. The van der Waals surface area contributed by atoms with Crippen molar-refractivity contribution in [3.8, 4) is 0 Å². The number of halogens is 4. The van der Waals surface area contributed by atoms with Gasteiger partial charge >= 0.3 is 0 Å². The number of benzene rings is 1. The van der Waals surface area contributed by atoms with E-state index < -0.39 is 32.4 Å². The average Bonchev–Trinajstić information content (AvgIpc) is 2.26. The standard InChI is InChI=1S/C11H13BrF3NO3S/c1-19-6-7(12)2-3-16-20(17,18)11-9(14)4-8(13)5-10(11)15/h4-5,7,16H,2-3,6H2,1H3. The second kappa shape index (κ2) is 7.39. The lowest BCUT2D eigenvalue weighted by atomic mass is 10.3. The fourth-order valence-corrected chi connectivity index (χ4v) is 3.13. The van der Waals surface area contributed by atoms with Crippen molar-refractivity contribution >= 4 is 26.0 Å². The average molecular weight is 376 g/mol. The fraction of sp³-hybridized carbons (Fsp3) is 0.455. The van der Waals surface area contributed by atoms with Crippen molar-refractivity contribution in [2.24, 2.45) is 0 Å². The number of ether oxygens (including phenoxy) is 1. The van der Waals surface area contributed by atoms with E-state index in [0.717, 1.165) is 0 Å². The minimum atomic E-state index is -4.38. The summed E-state index contributed by atoms with van der Waals surface area (Å²) >= 11 is 3.24. The van der Waals surface area contributed by atoms with E-state index in [2.05, 4.69) is 15.9 Å². The Morgan fingerprint density at radius 2 is 1.85 bits per heavy atom. The van der Waals surface area contributed by atoms with Crippen LogP contribution in [0.15, 0.2) is 17.0 Å². The first kappa shape index (κ1) is 17.4. The molecule has 114 valence electrons. The number of alkyl halides is 1.